The van der Waals surface area contributed by atoms with Crippen molar-refractivity contribution in [3.05, 3.63) is 52.6 Å². The fraction of sp³-hybridized carbons (Fsp3) is 0.533. The van der Waals surface area contributed by atoms with Crippen LogP contribution in [0.4, 0.5) is 18.9 Å². The number of Topliss-reactive ketones (excluding diaryl/α,β-unsaturated/α-hetero) is 1. The quantitative estimate of drug-likeness (QED) is 0.302. The molecule has 2 saturated carbocycles. The van der Waals surface area contributed by atoms with Crippen LogP contribution in [0.2, 0.25) is 0 Å². The Morgan fingerprint density at radius 1 is 1.14 bits per heavy atom. The first-order chi connectivity index (χ1) is 17.6. The second-order valence-electron chi connectivity index (χ2n) is 11.1. The highest BCUT2D eigenvalue weighted by Gasteiger charge is 2.58. The summed E-state index contributed by atoms with van der Waals surface area (Å²) in [5.41, 5.74) is 11.6. The lowest BCUT2D eigenvalue weighted by molar-refractivity contribution is -0.131. The molecule has 4 aliphatic carbocycles. The molecule has 0 aliphatic heterocycles. The van der Waals surface area contributed by atoms with Gasteiger partial charge >= 0.3 is 6.18 Å². The topological polar surface area (TPSA) is 69.4 Å². The number of ketones is 2. The van der Waals surface area contributed by atoms with Gasteiger partial charge in [0.15, 0.2) is 11.6 Å². The Hall–Kier alpha value is -2.85. The van der Waals surface area contributed by atoms with Crippen molar-refractivity contribution in [3.8, 4) is 11.8 Å². The van der Waals surface area contributed by atoms with E-state index in [-0.39, 0.29) is 35.4 Å². The maximum atomic E-state index is 13.3. The van der Waals surface area contributed by atoms with Crippen molar-refractivity contribution in [1.29, 1.82) is 0 Å². The van der Waals surface area contributed by atoms with Gasteiger partial charge in [-0.15, -0.1) is 0 Å². The van der Waals surface area contributed by atoms with Gasteiger partial charge in [0.2, 0.25) is 0 Å². The van der Waals surface area contributed by atoms with Gasteiger partial charge < -0.3 is 10.5 Å². The largest absolute Gasteiger partial charge is 0.457 e. The van der Waals surface area contributed by atoms with Gasteiger partial charge in [-0.05, 0) is 90.7 Å². The van der Waals surface area contributed by atoms with Gasteiger partial charge in [0.05, 0.1) is 0 Å². The van der Waals surface area contributed by atoms with Crippen molar-refractivity contribution < 1.29 is 27.5 Å². The molecule has 7 heteroatoms. The third-order valence-electron chi connectivity index (χ3n) is 9.11. The van der Waals surface area contributed by atoms with Crippen LogP contribution in [-0.2, 0) is 14.3 Å². The van der Waals surface area contributed by atoms with Crippen LogP contribution in [0.15, 0.2) is 47.1 Å². The summed E-state index contributed by atoms with van der Waals surface area (Å²) in [7, 11) is 0. The minimum Gasteiger partial charge on any atom is -0.399 e. The summed E-state index contributed by atoms with van der Waals surface area (Å²) >= 11 is 0. The van der Waals surface area contributed by atoms with Crippen molar-refractivity contribution in [2.24, 2.45) is 23.2 Å². The maximum absolute atomic E-state index is 13.3. The summed E-state index contributed by atoms with van der Waals surface area (Å²) in [6, 6.07) is 7.99. The minimum atomic E-state index is -4.56. The molecule has 0 radical (unpaired) electrons. The molecule has 0 unspecified atom stereocenters. The average molecular weight is 512 g/mol. The van der Waals surface area contributed by atoms with Gasteiger partial charge in [-0.1, -0.05) is 30.6 Å². The number of anilines is 1. The number of fused-ring (bicyclic) bond motifs is 4. The Labute approximate surface area is 215 Å². The Bertz CT molecular complexity index is 1220. The van der Waals surface area contributed by atoms with E-state index in [0.29, 0.717) is 23.9 Å². The van der Waals surface area contributed by atoms with E-state index >= 15 is 0 Å². The number of hydrogen-bond donors (Lipinski definition) is 1. The molecule has 0 spiro atoms. The molecular formula is C30H32F3NO3. The highest BCUT2D eigenvalue weighted by Crippen LogP contribution is 2.65. The fourth-order valence-electron chi connectivity index (χ4n) is 7.65. The summed E-state index contributed by atoms with van der Waals surface area (Å²) in [6.45, 7) is 1.58. The second kappa shape index (κ2) is 9.79. The lowest BCUT2D eigenvalue weighted by Gasteiger charge is -2.52. The Morgan fingerprint density at radius 2 is 1.89 bits per heavy atom. The number of carbonyl (C=O) groups excluding carboxylic acids is 2. The van der Waals surface area contributed by atoms with E-state index in [0.717, 1.165) is 38.5 Å². The number of nitrogens with two attached hydrogens (primary N) is 1. The Balaban J connectivity index is 1.44. The molecule has 0 heterocycles. The molecule has 0 aromatic heterocycles. The summed E-state index contributed by atoms with van der Waals surface area (Å²) < 4.78 is 42.0. The summed E-state index contributed by atoms with van der Waals surface area (Å²) in [4.78, 5) is 25.5. The molecule has 0 saturated heterocycles. The van der Waals surface area contributed by atoms with E-state index in [9.17, 15) is 22.8 Å². The van der Waals surface area contributed by atoms with Crippen LogP contribution in [0.1, 0.15) is 63.4 Å². The second-order valence-corrected chi connectivity index (χ2v) is 11.1. The zero-order valence-corrected chi connectivity index (χ0v) is 21.0. The van der Waals surface area contributed by atoms with Crippen molar-refractivity contribution >= 4 is 17.3 Å². The molecule has 2 N–H and O–H groups in total. The van der Waals surface area contributed by atoms with Crippen molar-refractivity contribution in [2.75, 3.05) is 18.9 Å². The molecule has 2 fully saturated rings. The van der Waals surface area contributed by atoms with Crippen LogP contribution in [0.25, 0.3) is 0 Å². The monoisotopic (exact) mass is 511 g/mol. The molecule has 4 nitrogen and oxygen atoms in total. The molecule has 5 atom stereocenters. The number of halogens is 3. The number of hydrogen-bond acceptors (Lipinski definition) is 4. The normalized spacial score (nSPS) is 31.0. The van der Waals surface area contributed by atoms with E-state index in [1.807, 2.05) is 24.1 Å². The lowest BCUT2D eigenvalue weighted by Crippen LogP contribution is -2.45. The van der Waals surface area contributed by atoms with Crippen molar-refractivity contribution in [2.45, 2.75) is 64.0 Å². The third-order valence-corrected chi connectivity index (χ3v) is 9.11. The lowest BCUT2D eigenvalue weighted by atomic mass is 9.51. The number of benzene rings is 1. The van der Waals surface area contributed by atoms with Crippen LogP contribution in [0, 0.1) is 35.0 Å². The van der Waals surface area contributed by atoms with Gasteiger partial charge in [-0.25, -0.2) is 0 Å². The number of nitrogen functional groups attached to an aromatic ring is 1. The average Bonchev–Trinajstić information content (AvgIpc) is 3.19. The zero-order chi connectivity index (χ0) is 26.4. The first-order valence-electron chi connectivity index (χ1n) is 13.1. The van der Waals surface area contributed by atoms with E-state index in [1.165, 1.54) is 28.2 Å². The standard InChI is InChI=1S/C30H32F3NO3/c1-29-16-24(18-3-6-20(34)7-4-18)28-22-10-8-21(35)15-19(22)5-9-23(28)25(29)11-12-26(29)27(36)17-37-14-2-13-30(31,32)33/h3-4,6-7,15,23-26H,5,8-12,14,16-17,34H2,1H3/t23-,24+,25-,26+,29-/m0/s1. The van der Waals surface area contributed by atoms with Gasteiger partial charge in [0.1, 0.15) is 13.2 Å². The first-order valence-corrected chi connectivity index (χ1v) is 13.1. The number of rotatable bonds is 5. The van der Waals surface area contributed by atoms with Crippen LogP contribution in [-0.4, -0.2) is 31.0 Å². The predicted octanol–water partition coefficient (Wildman–Crippen LogP) is 5.94. The van der Waals surface area contributed by atoms with Crippen LogP contribution < -0.4 is 5.73 Å². The van der Waals surface area contributed by atoms with E-state index in [2.05, 4.69) is 19.1 Å². The van der Waals surface area contributed by atoms with Crippen LogP contribution in [0.3, 0.4) is 0 Å². The number of allylic oxidation sites excluding steroid dienone is 4. The Morgan fingerprint density at radius 3 is 2.62 bits per heavy atom. The number of carbonyl (C=O) groups is 2. The van der Waals surface area contributed by atoms with E-state index in [4.69, 9.17) is 10.5 Å². The van der Waals surface area contributed by atoms with Crippen LogP contribution >= 0.6 is 0 Å². The van der Waals surface area contributed by atoms with E-state index in [1.54, 1.807) is 0 Å². The first kappa shape index (κ1) is 25.8. The van der Waals surface area contributed by atoms with Gasteiger partial charge in [0, 0.05) is 29.9 Å². The molecule has 1 aromatic rings. The third kappa shape index (κ3) is 5.01. The zero-order valence-electron chi connectivity index (χ0n) is 21.0. The maximum Gasteiger partial charge on any atom is 0.457 e. The summed E-state index contributed by atoms with van der Waals surface area (Å²) in [5.74, 6) is 3.88. The molecule has 1 aromatic carbocycles. The molecular weight excluding hydrogens is 479 g/mol. The molecule has 0 amide bonds. The molecule has 0 bridgehead atoms. The molecule has 196 valence electrons. The molecule has 4 aliphatic rings. The smallest absolute Gasteiger partial charge is 0.399 e. The van der Waals surface area contributed by atoms with Gasteiger partial charge in [-0.3, -0.25) is 9.59 Å². The highest BCUT2D eigenvalue weighted by molar-refractivity contribution is 5.93. The van der Waals surface area contributed by atoms with Gasteiger partial charge in [0.25, 0.3) is 0 Å². The van der Waals surface area contributed by atoms with Crippen molar-refractivity contribution in [1.82, 2.24) is 0 Å². The summed E-state index contributed by atoms with van der Waals surface area (Å²) in [6.07, 6.45) is 2.96. The van der Waals surface area contributed by atoms with Crippen LogP contribution in [0.5, 0.6) is 0 Å². The predicted molar refractivity (Wildman–Crippen MR) is 134 cm³/mol. The fourth-order valence-corrected chi connectivity index (χ4v) is 7.65. The summed E-state index contributed by atoms with van der Waals surface area (Å²) in [5, 5.41) is 0. The number of ether oxygens (including phenoxy) is 1. The minimum absolute atomic E-state index is 0.0503. The van der Waals surface area contributed by atoms with E-state index < -0.39 is 12.8 Å². The SMILES string of the molecule is C[C@]12C[C@H](c3ccc(N)cc3)C3=C4CCC(=O)C=C4CC[C@H]3[C@@H]1CC[C@@H]2C(=O)COCC#CC(F)(F)F. The molecule has 37 heavy (non-hydrogen) atoms. The highest BCUT2D eigenvalue weighted by atomic mass is 19.4. The van der Waals surface area contributed by atoms with Crippen molar-refractivity contribution in [3.63, 3.8) is 0 Å². The Kier molecular flexibility index (Phi) is 6.83. The molecule has 5 rings (SSSR count). The van der Waals surface area contributed by atoms with Gasteiger partial charge in [-0.2, -0.15) is 13.2 Å². The number of alkyl halides is 3.